The van der Waals surface area contributed by atoms with Crippen molar-refractivity contribution in [1.82, 2.24) is 0 Å². The highest BCUT2D eigenvalue weighted by Crippen LogP contribution is 2.22. The van der Waals surface area contributed by atoms with E-state index in [1.54, 1.807) is 0 Å². The fraction of sp³-hybridized carbons (Fsp3) is 0.833. The first-order valence-electron chi connectivity index (χ1n) is 15.2. The van der Waals surface area contributed by atoms with Gasteiger partial charge in [-0.05, 0) is 57.8 Å². The highest BCUT2D eigenvalue weighted by molar-refractivity contribution is 5.71. The van der Waals surface area contributed by atoms with Crippen molar-refractivity contribution < 1.29 is 48.8 Å². The van der Waals surface area contributed by atoms with Gasteiger partial charge in [0.1, 0.15) is 12.2 Å². The number of unbranched alkanes of at least 4 members (excludes halogenated alkanes) is 11. The lowest BCUT2D eigenvalue weighted by Crippen LogP contribution is -2.35. The average Bonchev–Trinajstić information content (AvgIpc) is 2.88. The molecule has 0 aliphatic heterocycles. The van der Waals surface area contributed by atoms with Gasteiger partial charge in [-0.25, -0.2) is 0 Å². The summed E-state index contributed by atoms with van der Waals surface area (Å²) in [5.74, 6) is -3.51. The molecule has 0 aromatic rings. The van der Waals surface area contributed by atoms with Crippen molar-refractivity contribution >= 4 is 29.8 Å². The van der Waals surface area contributed by atoms with Crippen LogP contribution in [0.15, 0.2) is 0 Å². The van der Waals surface area contributed by atoms with Gasteiger partial charge in [0.2, 0.25) is 0 Å². The van der Waals surface area contributed by atoms with Crippen LogP contribution in [0.25, 0.3) is 0 Å². The maximum Gasteiger partial charge on any atom is 0.306 e. The molecule has 0 aromatic carbocycles. The quantitative estimate of drug-likeness (QED) is 0.0681. The molecule has 0 aliphatic carbocycles. The van der Waals surface area contributed by atoms with Crippen LogP contribution in [0.4, 0.5) is 0 Å². The topological polar surface area (TPSA) is 164 Å². The van der Waals surface area contributed by atoms with Gasteiger partial charge in [0.05, 0.1) is 0 Å². The van der Waals surface area contributed by atoms with Crippen LogP contribution in [0.3, 0.4) is 0 Å². The van der Waals surface area contributed by atoms with Crippen molar-refractivity contribution in [2.75, 3.05) is 0 Å². The molecule has 0 saturated heterocycles. The van der Waals surface area contributed by atoms with E-state index in [4.69, 9.17) is 24.8 Å². The Balaban J connectivity index is 5.17. The van der Waals surface area contributed by atoms with Gasteiger partial charge in [0.15, 0.2) is 0 Å². The summed E-state index contributed by atoms with van der Waals surface area (Å²) in [5.41, 5.74) is 0. The Morgan fingerprint density at radius 3 is 1.12 bits per heavy atom. The molecule has 0 aliphatic rings. The molecule has 232 valence electrons. The van der Waals surface area contributed by atoms with Crippen molar-refractivity contribution in [2.45, 2.75) is 160 Å². The molecule has 0 fully saturated rings. The zero-order valence-corrected chi connectivity index (χ0v) is 24.4. The minimum atomic E-state index is -0.913. The number of carbonyl (C=O) groups is 5. The molecule has 0 radical (unpaired) electrons. The third-order valence-corrected chi connectivity index (χ3v) is 6.74. The van der Waals surface area contributed by atoms with Gasteiger partial charge >= 0.3 is 29.8 Å². The Kier molecular flexibility index (Phi) is 23.6. The predicted molar refractivity (Wildman–Crippen MR) is 150 cm³/mol. The molecule has 0 amide bonds. The average molecular weight is 573 g/mol. The molecule has 0 bridgehead atoms. The Hall–Kier alpha value is -2.65. The summed E-state index contributed by atoms with van der Waals surface area (Å²) in [5, 5.41) is 26.4. The highest BCUT2D eigenvalue weighted by atomic mass is 16.6. The van der Waals surface area contributed by atoms with Gasteiger partial charge in [-0.3, -0.25) is 24.0 Å². The molecule has 40 heavy (non-hydrogen) atoms. The second-order valence-electron chi connectivity index (χ2n) is 10.5. The van der Waals surface area contributed by atoms with Crippen LogP contribution in [0.5, 0.6) is 0 Å². The van der Waals surface area contributed by atoms with Crippen molar-refractivity contribution in [3.05, 3.63) is 0 Å². The van der Waals surface area contributed by atoms with Gasteiger partial charge in [0, 0.05) is 32.1 Å². The van der Waals surface area contributed by atoms with Gasteiger partial charge in [-0.1, -0.05) is 58.3 Å². The Morgan fingerprint density at radius 1 is 0.450 bits per heavy atom. The smallest absolute Gasteiger partial charge is 0.306 e. The van der Waals surface area contributed by atoms with Gasteiger partial charge in [-0.15, -0.1) is 0 Å². The van der Waals surface area contributed by atoms with E-state index in [-0.39, 0.29) is 32.1 Å². The molecule has 10 heteroatoms. The zero-order chi connectivity index (χ0) is 30.0. The monoisotopic (exact) mass is 572 g/mol. The van der Waals surface area contributed by atoms with Crippen LogP contribution in [0.1, 0.15) is 148 Å². The molecule has 3 N–H and O–H groups in total. The van der Waals surface area contributed by atoms with E-state index in [1.807, 2.05) is 0 Å². The summed E-state index contributed by atoms with van der Waals surface area (Å²) in [7, 11) is 0. The predicted octanol–water partition coefficient (Wildman–Crippen LogP) is 6.67. The largest absolute Gasteiger partial charge is 0.481 e. The second-order valence-corrected chi connectivity index (χ2v) is 10.5. The van der Waals surface area contributed by atoms with Gasteiger partial charge in [0.25, 0.3) is 0 Å². The fourth-order valence-electron chi connectivity index (χ4n) is 4.47. The van der Waals surface area contributed by atoms with Crippen LogP contribution in [-0.2, 0) is 33.4 Å². The maximum atomic E-state index is 12.6. The lowest BCUT2D eigenvalue weighted by Gasteiger charge is -2.27. The highest BCUT2D eigenvalue weighted by Gasteiger charge is 2.28. The molecule has 2 unspecified atom stereocenters. The Morgan fingerprint density at radius 2 is 0.750 bits per heavy atom. The SMILES string of the molecule is CCCCCCCCC(OC(=O)CCCCC(=O)O)C(CCCCCCCC(=O)O)OC(=O)CCCCC(=O)O. The van der Waals surface area contributed by atoms with E-state index >= 15 is 0 Å². The summed E-state index contributed by atoms with van der Waals surface area (Å²) < 4.78 is 11.6. The number of esters is 2. The molecular formula is C30H52O10. The van der Waals surface area contributed by atoms with Crippen LogP contribution in [0.2, 0.25) is 0 Å². The van der Waals surface area contributed by atoms with E-state index in [0.717, 1.165) is 57.8 Å². The van der Waals surface area contributed by atoms with Crippen LogP contribution in [0, 0.1) is 0 Å². The number of rotatable bonds is 28. The minimum absolute atomic E-state index is 0.0109. The number of carboxylic acids is 3. The Labute approximate surface area is 239 Å². The lowest BCUT2D eigenvalue weighted by atomic mass is 9.99. The molecule has 10 nitrogen and oxygen atoms in total. The van der Waals surface area contributed by atoms with Crippen molar-refractivity contribution in [3.63, 3.8) is 0 Å². The number of ether oxygens (including phenoxy) is 2. The Bertz CT molecular complexity index is 721. The third kappa shape index (κ3) is 24.4. The number of carbonyl (C=O) groups excluding carboxylic acids is 2. The molecular weight excluding hydrogens is 520 g/mol. The first kappa shape index (κ1) is 37.4. The summed E-state index contributed by atoms with van der Waals surface area (Å²) in [6.07, 6.45) is 11.9. The van der Waals surface area contributed by atoms with E-state index in [1.165, 1.54) is 6.42 Å². The summed E-state index contributed by atoms with van der Waals surface area (Å²) in [6.45, 7) is 2.15. The number of aliphatic carboxylic acids is 3. The van der Waals surface area contributed by atoms with Gasteiger partial charge in [-0.2, -0.15) is 0 Å². The number of hydrogen-bond donors (Lipinski definition) is 3. The summed E-state index contributed by atoms with van der Waals surface area (Å²) >= 11 is 0. The van der Waals surface area contributed by atoms with E-state index in [2.05, 4.69) is 6.92 Å². The van der Waals surface area contributed by atoms with E-state index < -0.39 is 42.1 Å². The van der Waals surface area contributed by atoms with Crippen molar-refractivity contribution in [1.29, 1.82) is 0 Å². The third-order valence-electron chi connectivity index (χ3n) is 6.74. The molecule has 0 spiro atoms. The molecule has 0 heterocycles. The first-order valence-corrected chi connectivity index (χ1v) is 15.2. The summed E-state index contributed by atoms with van der Waals surface area (Å²) in [6, 6.07) is 0. The standard InChI is InChI=1S/C30H52O10/c1-2-3-4-5-7-10-17-24(39-29(37)22-15-13-20-27(33)34)25(18-11-8-6-9-12-19-26(31)32)40-30(38)23-16-14-21-28(35)36/h24-25H,2-23H2,1H3,(H,31,32)(H,33,34)(H,35,36). The maximum absolute atomic E-state index is 12.6. The molecule has 0 rings (SSSR count). The first-order chi connectivity index (χ1) is 19.1. The van der Waals surface area contributed by atoms with Gasteiger partial charge < -0.3 is 24.8 Å². The lowest BCUT2D eigenvalue weighted by molar-refractivity contribution is -0.169. The summed E-state index contributed by atoms with van der Waals surface area (Å²) in [4.78, 5) is 57.4. The van der Waals surface area contributed by atoms with E-state index in [0.29, 0.717) is 44.9 Å². The van der Waals surface area contributed by atoms with Crippen molar-refractivity contribution in [2.24, 2.45) is 0 Å². The van der Waals surface area contributed by atoms with E-state index in [9.17, 15) is 24.0 Å². The number of hydrogen-bond acceptors (Lipinski definition) is 7. The fourth-order valence-corrected chi connectivity index (χ4v) is 4.47. The minimum Gasteiger partial charge on any atom is -0.481 e. The number of carboxylic acid groups (broad SMARTS) is 3. The van der Waals surface area contributed by atoms with Crippen LogP contribution < -0.4 is 0 Å². The second kappa shape index (κ2) is 25.3. The molecule has 0 aromatic heterocycles. The molecule has 2 atom stereocenters. The normalized spacial score (nSPS) is 12.4. The van der Waals surface area contributed by atoms with Crippen LogP contribution >= 0.6 is 0 Å². The van der Waals surface area contributed by atoms with Crippen LogP contribution in [-0.4, -0.2) is 57.4 Å². The molecule has 0 saturated carbocycles. The van der Waals surface area contributed by atoms with Crippen molar-refractivity contribution in [3.8, 4) is 0 Å². The zero-order valence-electron chi connectivity index (χ0n) is 24.4.